The fourth-order valence-electron chi connectivity index (χ4n) is 9.06. The molecule has 0 bridgehead atoms. The Labute approximate surface area is 345 Å². The molecule has 0 N–H and O–H groups in total. The van der Waals surface area contributed by atoms with E-state index >= 15 is 0 Å². The maximum absolute atomic E-state index is 7.10. The van der Waals surface area contributed by atoms with Crippen molar-refractivity contribution < 1.29 is 0 Å². The maximum Gasteiger partial charge on any atom is 0.0499 e. The van der Waals surface area contributed by atoms with Gasteiger partial charge in [-0.25, -0.2) is 0 Å². The van der Waals surface area contributed by atoms with Crippen molar-refractivity contribution in [2.45, 2.75) is 0 Å². The molecule has 0 fully saturated rings. The summed E-state index contributed by atoms with van der Waals surface area (Å²) in [5, 5.41) is 21.8. The Bertz CT molecular complexity index is 3080. The quantitative estimate of drug-likeness (QED) is 0.0920. The van der Waals surface area contributed by atoms with Crippen LogP contribution < -0.4 is 0 Å². The van der Waals surface area contributed by atoms with E-state index in [0.717, 1.165) is 40.2 Å². The first-order valence-corrected chi connectivity index (χ1v) is 20.4. The molecule has 0 radical (unpaired) electrons. The van der Waals surface area contributed by atoms with E-state index in [9.17, 15) is 0 Å². The molecule has 0 aliphatic rings. The van der Waals surface area contributed by atoms with Crippen LogP contribution in [0.3, 0.4) is 0 Å². The van der Waals surface area contributed by atoms with E-state index in [-0.39, 0.29) is 0 Å². The van der Waals surface area contributed by atoms with Crippen LogP contribution in [-0.4, -0.2) is 0 Å². The summed E-state index contributed by atoms with van der Waals surface area (Å²) in [6.45, 7) is 0. The summed E-state index contributed by atoms with van der Waals surface area (Å²) < 4.78 is 2.25. The van der Waals surface area contributed by atoms with Gasteiger partial charge in [-0.1, -0.05) is 143 Å². The SMILES string of the molecule is Clc1cccc(Cl)c1-c1c(I)c2c3c4ccccc4c4cccc5c(-c6c(Cl)cccc6Cl)c(I)c(c6c7ccccc7c7cccc1c7c26)c3c54. The minimum Gasteiger partial charge on any atom is -0.0836 e. The third kappa shape index (κ3) is 4.06. The molecule has 0 saturated carbocycles. The second-order valence-corrected chi connectivity index (χ2v) is 17.2. The molecule has 11 aromatic carbocycles. The number of halogens is 6. The van der Waals surface area contributed by atoms with Crippen molar-refractivity contribution in [2.24, 2.45) is 0 Å². The first-order valence-electron chi connectivity index (χ1n) is 16.8. The van der Waals surface area contributed by atoms with E-state index in [4.69, 9.17) is 46.4 Å². The number of benzene rings is 11. The molecule has 6 heteroatoms. The molecule has 0 atom stereocenters. The van der Waals surface area contributed by atoms with E-state index < -0.39 is 0 Å². The van der Waals surface area contributed by atoms with E-state index in [2.05, 4.69) is 130 Å². The van der Waals surface area contributed by atoms with E-state index in [1.54, 1.807) is 0 Å². The molecule has 0 unspecified atom stereocenters. The highest BCUT2D eigenvalue weighted by Gasteiger charge is 2.30. The van der Waals surface area contributed by atoms with Gasteiger partial charge >= 0.3 is 0 Å². The van der Waals surface area contributed by atoms with E-state index in [1.165, 1.54) is 75.4 Å². The van der Waals surface area contributed by atoms with Crippen LogP contribution in [0.2, 0.25) is 20.1 Å². The fourth-order valence-corrected chi connectivity index (χ4v) is 12.4. The predicted octanol–water partition coefficient (Wildman–Crippen LogP) is 16.9. The second kappa shape index (κ2) is 11.6. The van der Waals surface area contributed by atoms with Crippen molar-refractivity contribution in [3.8, 4) is 22.3 Å². The van der Waals surface area contributed by atoms with Gasteiger partial charge in [0.05, 0.1) is 0 Å². The van der Waals surface area contributed by atoms with Crippen LogP contribution in [0.4, 0.5) is 0 Å². The minimum absolute atomic E-state index is 0.632. The molecule has 0 saturated heterocycles. The Balaban J connectivity index is 1.59. The molecule has 0 nitrogen and oxygen atoms in total. The van der Waals surface area contributed by atoms with Gasteiger partial charge in [0.25, 0.3) is 0 Å². The lowest BCUT2D eigenvalue weighted by molar-refractivity contribution is 1.64. The smallest absolute Gasteiger partial charge is 0.0499 e. The van der Waals surface area contributed by atoms with Gasteiger partial charge in [0.15, 0.2) is 0 Å². The highest BCUT2D eigenvalue weighted by atomic mass is 127. The lowest BCUT2D eigenvalue weighted by atomic mass is 9.78. The van der Waals surface area contributed by atoms with Gasteiger partial charge < -0.3 is 0 Å². The highest BCUT2D eigenvalue weighted by Crippen LogP contribution is 2.58. The number of fused-ring (bicyclic) bond motifs is 8. The van der Waals surface area contributed by atoms with E-state index in [0.29, 0.717) is 20.1 Å². The third-order valence-electron chi connectivity index (χ3n) is 10.9. The van der Waals surface area contributed by atoms with Crippen molar-refractivity contribution in [1.29, 1.82) is 0 Å². The largest absolute Gasteiger partial charge is 0.0836 e. The van der Waals surface area contributed by atoms with Gasteiger partial charge in [-0.2, -0.15) is 0 Å². The van der Waals surface area contributed by atoms with Gasteiger partial charge in [-0.15, -0.1) is 0 Å². The average Bonchev–Trinajstić information content (AvgIpc) is 3.15. The molecule has 246 valence electrons. The molecule has 0 spiro atoms. The molecule has 0 heterocycles. The summed E-state index contributed by atoms with van der Waals surface area (Å²) in [6.07, 6.45) is 0. The molecule has 0 aliphatic carbocycles. The molecular weight excluding hydrogens is 948 g/mol. The van der Waals surface area contributed by atoms with Crippen LogP contribution in [0, 0.1) is 7.14 Å². The number of rotatable bonds is 2. The lowest BCUT2D eigenvalue weighted by Crippen LogP contribution is -2.00. The van der Waals surface area contributed by atoms with Crippen molar-refractivity contribution in [3.63, 3.8) is 0 Å². The summed E-state index contributed by atoms with van der Waals surface area (Å²) >= 11 is 33.6. The average molecular weight is 968 g/mol. The molecule has 52 heavy (non-hydrogen) atoms. The van der Waals surface area contributed by atoms with Crippen molar-refractivity contribution in [3.05, 3.63) is 149 Å². The Morgan fingerprint density at radius 3 is 0.923 bits per heavy atom. The van der Waals surface area contributed by atoms with Crippen LogP contribution in [0.25, 0.3) is 108 Å². The Hall–Kier alpha value is -3.36. The lowest BCUT2D eigenvalue weighted by Gasteiger charge is -2.27. The topological polar surface area (TPSA) is 0 Å². The molecular formula is C46H20Cl4I2. The monoisotopic (exact) mass is 966 g/mol. The zero-order valence-corrected chi connectivity index (χ0v) is 34.2. The van der Waals surface area contributed by atoms with E-state index in [1.807, 2.05) is 36.4 Å². The molecule has 0 amide bonds. The number of hydrogen-bond donors (Lipinski definition) is 0. The third-order valence-corrected chi connectivity index (χ3v) is 14.4. The van der Waals surface area contributed by atoms with Gasteiger partial charge in [0, 0.05) is 71.0 Å². The van der Waals surface area contributed by atoms with Crippen molar-refractivity contribution in [2.75, 3.05) is 0 Å². The fraction of sp³-hybridized carbons (Fsp3) is 0. The van der Waals surface area contributed by atoms with Crippen molar-refractivity contribution >= 4 is 178 Å². The zero-order chi connectivity index (χ0) is 35.2. The van der Waals surface area contributed by atoms with Crippen LogP contribution in [0.1, 0.15) is 0 Å². The van der Waals surface area contributed by atoms with Gasteiger partial charge in [-0.05, 0) is 134 Å². The van der Waals surface area contributed by atoms with Gasteiger partial charge in [0.1, 0.15) is 0 Å². The minimum atomic E-state index is 0.632. The second-order valence-electron chi connectivity index (χ2n) is 13.4. The van der Waals surface area contributed by atoms with Crippen LogP contribution in [0.5, 0.6) is 0 Å². The van der Waals surface area contributed by atoms with Crippen LogP contribution in [0.15, 0.2) is 121 Å². The first kappa shape index (κ1) is 32.1. The molecule has 11 rings (SSSR count). The van der Waals surface area contributed by atoms with Crippen molar-refractivity contribution in [1.82, 2.24) is 0 Å². The molecule has 0 aliphatic heterocycles. The zero-order valence-electron chi connectivity index (χ0n) is 26.8. The Morgan fingerprint density at radius 1 is 0.250 bits per heavy atom. The van der Waals surface area contributed by atoms with Crippen LogP contribution in [-0.2, 0) is 0 Å². The summed E-state index contributed by atoms with van der Waals surface area (Å²) in [7, 11) is 0. The van der Waals surface area contributed by atoms with Gasteiger partial charge in [0.2, 0.25) is 0 Å². The molecule has 0 aromatic heterocycles. The molecule has 11 aromatic rings. The standard InChI is InChI=1S/C46H20Cl4I2/c47-29-17-7-18-30(48)39(29)37-27-15-5-13-23-21-9-1-3-11-25(21)35-41(33(23)27)44(46(37)52)36-26-12-4-2-10-22(26)24-14-6-16-28-34(24)42(36)43(35)45(51)38(28)40-31(49)19-8-20-32(40)50/h1-20H. The normalized spacial score (nSPS) is 12.4. The highest BCUT2D eigenvalue weighted by molar-refractivity contribution is 14.1. The summed E-state index contributed by atoms with van der Waals surface area (Å²) in [6, 6.07) is 42.6. The Morgan fingerprint density at radius 2 is 0.538 bits per heavy atom. The first-order chi connectivity index (χ1) is 25.4. The predicted molar refractivity (Wildman–Crippen MR) is 245 cm³/mol. The Kier molecular flexibility index (Phi) is 7.14. The summed E-state index contributed by atoms with van der Waals surface area (Å²) in [4.78, 5) is 0. The van der Waals surface area contributed by atoms with Gasteiger partial charge in [-0.3, -0.25) is 0 Å². The van der Waals surface area contributed by atoms with Crippen LogP contribution >= 0.6 is 91.6 Å². The summed E-state index contributed by atoms with van der Waals surface area (Å²) in [5.74, 6) is 0. The number of hydrogen-bond acceptors (Lipinski definition) is 0. The summed E-state index contributed by atoms with van der Waals surface area (Å²) in [5.41, 5.74) is 3.83. The maximum atomic E-state index is 7.10.